The van der Waals surface area contributed by atoms with Gasteiger partial charge in [-0.25, -0.2) is 0 Å². The van der Waals surface area contributed by atoms with E-state index in [1.807, 2.05) is 12.1 Å². The van der Waals surface area contributed by atoms with Crippen LogP contribution < -0.4 is 10.1 Å². The molecule has 1 heterocycles. The molecule has 2 nitrogen and oxygen atoms in total. The molecule has 0 fully saturated rings. The van der Waals surface area contributed by atoms with E-state index in [2.05, 4.69) is 51.1 Å². The first kappa shape index (κ1) is 16.5. The molecule has 1 N–H and O–H groups in total. The minimum atomic E-state index is 0.433. The van der Waals surface area contributed by atoms with Crippen molar-refractivity contribution in [3.63, 3.8) is 0 Å². The van der Waals surface area contributed by atoms with Gasteiger partial charge in [-0.05, 0) is 72.0 Å². The maximum absolute atomic E-state index is 5.49. The number of ether oxygens (including phenoxy) is 1. The zero-order valence-electron chi connectivity index (χ0n) is 12.6. The third-order valence-electron chi connectivity index (χ3n) is 3.45. The van der Waals surface area contributed by atoms with Gasteiger partial charge in [-0.3, -0.25) is 0 Å². The number of methoxy groups -OCH3 is 1. The smallest absolute Gasteiger partial charge is 0.122 e. The lowest BCUT2D eigenvalue weighted by molar-refractivity contribution is 0.404. The topological polar surface area (TPSA) is 21.3 Å². The Kier molecular flexibility index (Phi) is 6.74. The molecule has 1 aromatic heterocycles. The molecular formula is C17H22BrNOS. The van der Waals surface area contributed by atoms with Crippen LogP contribution in [0.3, 0.4) is 0 Å². The molecule has 0 radical (unpaired) electrons. The minimum absolute atomic E-state index is 0.433. The second kappa shape index (κ2) is 8.57. The van der Waals surface area contributed by atoms with Crippen LogP contribution >= 0.6 is 27.3 Å². The van der Waals surface area contributed by atoms with Gasteiger partial charge in [0.15, 0.2) is 0 Å². The van der Waals surface area contributed by atoms with Crippen LogP contribution in [-0.4, -0.2) is 19.7 Å². The molecule has 2 rings (SSSR count). The van der Waals surface area contributed by atoms with Crippen LogP contribution in [0.4, 0.5) is 0 Å². The van der Waals surface area contributed by atoms with E-state index >= 15 is 0 Å². The summed E-state index contributed by atoms with van der Waals surface area (Å²) in [6, 6.07) is 8.86. The summed E-state index contributed by atoms with van der Waals surface area (Å²) in [5, 5.41) is 8.04. The average molecular weight is 368 g/mol. The van der Waals surface area contributed by atoms with Gasteiger partial charge in [-0.1, -0.05) is 22.9 Å². The highest BCUT2D eigenvalue weighted by atomic mass is 79.9. The first-order valence-electron chi connectivity index (χ1n) is 7.29. The Morgan fingerprint density at radius 2 is 2.14 bits per heavy atom. The van der Waals surface area contributed by atoms with Gasteiger partial charge in [0, 0.05) is 10.5 Å². The lowest BCUT2D eigenvalue weighted by atomic mass is 9.99. The summed E-state index contributed by atoms with van der Waals surface area (Å²) in [4.78, 5) is 0. The number of nitrogens with one attached hydrogen (secondary N) is 1. The van der Waals surface area contributed by atoms with Gasteiger partial charge in [-0.15, -0.1) is 0 Å². The summed E-state index contributed by atoms with van der Waals surface area (Å²) in [5.41, 5.74) is 2.65. The van der Waals surface area contributed by atoms with Crippen molar-refractivity contribution in [1.29, 1.82) is 0 Å². The predicted molar refractivity (Wildman–Crippen MR) is 94.5 cm³/mol. The quantitative estimate of drug-likeness (QED) is 0.731. The van der Waals surface area contributed by atoms with Gasteiger partial charge in [0.2, 0.25) is 0 Å². The minimum Gasteiger partial charge on any atom is -0.496 e. The largest absolute Gasteiger partial charge is 0.496 e. The normalized spacial score (nSPS) is 12.3. The lowest BCUT2D eigenvalue weighted by Gasteiger charge is -2.20. The van der Waals surface area contributed by atoms with E-state index in [1.54, 1.807) is 18.4 Å². The molecule has 0 aliphatic carbocycles. The van der Waals surface area contributed by atoms with Gasteiger partial charge in [-0.2, -0.15) is 11.3 Å². The highest BCUT2D eigenvalue weighted by Gasteiger charge is 2.13. The monoisotopic (exact) mass is 367 g/mol. The molecule has 0 saturated heterocycles. The van der Waals surface area contributed by atoms with Gasteiger partial charge in [0.1, 0.15) is 5.75 Å². The molecule has 0 amide bonds. The zero-order valence-corrected chi connectivity index (χ0v) is 15.0. The third-order valence-corrected chi connectivity index (χ3v) is 4.68. The molecule has 0 aliphatic heterocycles. The molecule has 1 unspecified atom stereocenters. The first-order chi connectivity index (χ1) is 10.2. The summed E-state index contributed by atoms with van der Waals surface area (Å²) >= 11 is 5.32. The SMILES string of the molecule is CCCNC(Cc1ccsc1)Cc1cc(Br)ccc1OC. The standard InChI is InChI=1S/C17H22BrNOS/c1-3-7-19-16(9-13-6-8-21-12-13)11-14-10-15(18)4-5-17(14)20-2/h4-6,8,10,12,16,19H,3,7,9,11H2,1-2H3. The van der Waals surface area contributed by atoms with Crippen molar-refractivity contribution in [2.24, 2.45) is 0 Å². The Morgan fingerprint density at radius 3 is 2.81 bits per heavy atom. The third kappa shape index (κ3) is 5.13. The van der Waals surface area contributed by atoms with Gasteiger partial charge < -0.3 is 10.1 Å². The molecule has 4 heteroatoms. The van der Waals surface area contributed by atoms with Gasteiger partial charge in [0.05, 0.1) is 7.11 Å². The molecule has 0 saturated carbocycles. The van der Waals surface area contributed by atoms with Crippen LogP contribution in [0.2, 0.25) is 0 Å². The summed E-state index contributed by atoms with van der Waals surface area (Å²) in [7, 11) is 1.74. The van der Waals surface area contributed by atoms with Crippen molar-refractivity contribution in [3.8, 4) is 5.75 Å². The second-order valence-electron chi connectivity index (χ2n) is 5.15. The predicted octanol–water partition coefficient (Wildman–Crippen LogP) is 4.67. The van der Waals surface area contributed by atoms with Crippen LogP contribution in [0.25, 0.3) is 0 Å². The molecule has 114 valence electrons. The van der Waals surface area contributed by atoms with Gasteiger partial charge in [0.25, 0.3) is 0 Å². The highest BCUT2D eigenvalue weighted by molar-refractivity contribution is 9.10. The average Bonchev–Trinajstić information content (AvgIpc) is 2.98. The van der Waals surface area contributed by atoms with Crippen LogP contribution in [0.5, 0.6) is 5.75 Å². The molecule has 0 aliphatic rings. The fourth-order valence-electron chi connectivity index (χ4n) is 2.43. The molecule has 1 atom stereocenters. The van der Waals surface area contributed by atoms with Crippen molar-refractivity contribution in [2.75, 3.05) is 13.7 Å². The van der Waals surface area contributed by atoms with Crippen LogP contribution in [0.1, 0.15) is 24.5 Å². The maximum atomic E-state index is 5.49. The number of rotatable bonds is 8. The number of thiophene rings is 1. The number of hydrogen-bond donors (Lipinski definition) is 1. The number of hydrogen-bond acceptors (Lipinski definition) is 3. The molecule has 0 spiro atoms. The summed E-state index contributed by atoms with van der Waals surface area (Å²) in [5.74, 6) is 0.965. The van der Waals surface area contributed by atoms with E-state index < -0.39 is 0 Å². The lowest BCUT2D eigenvalue weighted by Crippen LogP contribution is -2.33. The van der Waals surface area contributed by atoms with E-state index in [-0.39, 0.29) is 0 Å². The fourth-order valence-corrected chi connectivity index (χ4v) is 3.52. The van der Waals surface area contributed by atoms with E-state index in [0.29, 0.717) is 6.04 Å². The number of benzene rings is 1. The molecule has 0 bridgehead atoms. The van der Waals surface area contributed by atoms with Crippen molar-refractivity contribution >= 4 is 27.3 Å². The Labute approximate surface area is 139 Å². The van der Waals surface area contributed by atoms with Crippen LogP contribution in [-0.2, 0) is 12.8 Å². The van der Waals surface area contributed by atoms with Crippen LogP contribution in [0, 0.1) is 0 Å². The number of halogens is 1. The first-order valence-corrected chi connectivity index (χ1v) is 9.03. The van der Waals surface area contributed by atoms with Gasteiger partial charge >= 0.3 is 0 Å². The Balaban J connectivity index is 2.11. The van der Waals surface area contributed by atoms with E-state index in [0.717, 1.165) is 36.0 Å². The summed E-state index contributed by atoms with van der Waals surface area (Å²) in [6.07, 6.45) is 3.17. The van der Waals surface area contributed by atoms with Crippen molar-refractivity contribution in [3.05, 3.63) is 50.6 Å². The molecule has 21 heavy (non-hydrogen) atoms. The Hall–Kier alpha value is -0.840. The Morgan fingerprint density at radius 1 is 1.29 bits per heavy atom. The van der Waals surface area contributed by atoms with Crippen molar-refractivity contribution in [1.82, 2.24) is 5.32 Å². The zero-order chi connectivity index (χ0) is 15.1. The second-order valence-corrected chi connectivity index (χ2v) is 6.84. The van der Waals surface area contributed by atoms with Crippen molar-refractivity contribution in [2.45, 2.75) is 32.2 Å². The molecule has 1 aromatic carbocycles. The fraction of sp³-hybridized carbons (Fsp3) is 0.412. The Bertz CT molecular complexity index is 542. The van der Waals surface area contributed by atoms with E-state index in [9.17, 15) is 0 Å². The summed E-state index contributed by atoms with van der Waals surface area (Å²) < 4.78 is 6.59. The van der Waals surface area contributed by atoms with E-state index in [1.165, 1.54) is 11.1 Å². The summed E-state index contributed by atoms with van der Waals surface area (Å²) in [6.45, 7) is 3.25. The van der Waals surface area contributed by atoms with Crippen molar-refractivity contribution < 1.29 is 4.74 Å². The molecule has 2 aromatic rings. The van der Waals surface area contributed by atoms with Crippen LogP contribution in [0.15, 0.2) is 39.5 Å². The molecular weight excluding hydrogens is 346 g/mol. The van der Waals surface area contributed by atoms with E-state index in [4.69, 9.17) is 4.74 Å². The highest BCUT2D eigenvalue weighted by Crippen LogP contribution is 2.25. The maximum Gasteiger partial charge on any atom is 0.122 e.